The Labute approximate surface area is 184 Å². The molecule has 2 aromatic rings. The van der Waals surface area contributed by atoms with Gasteiger partial charge in [-0.3, -0.25) is 14.4 Å². The lowest BCUT2D eigenvalue weighted by molar-refractivity contribution is -0.140. The Morgan fingerprint density at radius 2 is 1.66 bits per heavy atom. The average Bonchev–Trinajstić information content (AvgIpc) is 2.70. The van der Waals surface area contributed by atoms with Gasteiger partial charge in [0.15, 0.2) is 0 Å². The van der Waals surface area contributed by atoms with Gasteiger partial charge in [-0.15, -0.1) is 0 Å². The number of benzene rings is 2. The number of halogens is 1. The van der Waals surface area contributed by atoms with Crippen LogP contribution >= 0.6 is 22.6 Å². The molecule has 0 saturated carbocycles. The number of Topliss-reactive ketones (excluding diaryl/α,β-unsaturated/α-hetero) is 1. The number of carbonyl (C=O) groups excluding carboxylic acids is 3. The van der Waals surface area contributed by atoms with Crippen LogP contribution in [0.1, 0.15) is 29.8 Å². The number of ketones is 1. The van der Waals surface area contributed by atoms with Gasteiger partial charge in [0.25, 0.3) is 5.97 Å². The van der Waals surface area contributed by atoms with Crippen LogP contribution in [0.2, 0.25) is 0 Å². The number of carbonyl (C=O) groups is 3. The summed E-state index contributed by atoms with van der Waals surface area (Å²) in [5, 5.41) is 4.29. The molecule has 0 fully saturated rings. The van der Waals surface area contributed by atoms with E-state index in [4.69, 9.17) is 9.47 Å². The number of hydrogen-bond donors (Lipinski definition) is 0. The Morgan fingerprint density at radius 3 is 2.24 bits per heavy atom. The first kappa shape index (κ1) is 23.0. The van der Waals surface area contributed by atoms with Gasteiger partial charge in [-0.2, -0.15) is 0 Å². The summed E-state index contributed by atoms with van der Waals surface area (Å²) < 4.78 is 10.6. The highest BCUT2D eigenvalue weighted by atomic mass is 127. The van der Waals surface area contributed by atoms with E-state index < -0.39 is 12.0 Å². The van der Waals surface area contributed by atoms with E-state index in [0.29, 0.717) is 15.9 Å². The van der Waals surface area contributed by atoms with E-state index in [1.807, 2.05) is 42.5 Å². The summed E-state index contributed by atoms with van der Waals surface area (Å²) in [7, 11) is 0. The van der Waals surface area contributed by atoms with Crippen molar-refractivity contribution in [3.63, 3.8) is 0 Å². The summed E-state index contributed by atoms with van der Waals surface area (Å²) in [5.41, 5.74) is 1.32. The minimum absolute atomic E-state index is 0.0835. The molecule has 0 amide bonds. The van der Waals surface area contributed by atoms with Crippen molar-refractivity contribution in [1.82, 2.24) is 0 Å². The molecule has 0 aliphatic carbocycles. The molecule has 6 nitrogen and oxygen atoms in total. The molecule has 1 unspecified atom stereocenters. The molecule has 2 rings (SSSR count). The van der Waals surface area contributed by atoms with E-state index in [2.05, 4.69) is 5.32 Å². The molecule has 0 spiro atoms. The van der Waals surface area contributed by atoms with Gasteiger partial charge in [0, 0.05) is 5.56 Å². The Bertz CT molecular complexity index is 821. The van der Waals surface area contributed by atoms with Crippen molar-refractivity contribution in [2.75, 3.05) is 11.2 Å². The van der Waals surface area contributed by atoms with Crippen molar-refractivity contribution >= 4 is 40.3 Å². The molecular formula is C22H23INO5-. The molecule has 0 aliphatic rings. The standard InChI is InChI=1S/C22H23INO5/c1-15(2)21(24-13-19(25)17-6-4-3-5-7-17)22(27)29-18-10-8-16(9-11-18)12-20(26)28-14-23/h3-11,15,21H,12-14H2,1-2H3/q-1. The van der Waals surface area contributed by atoms with Crippen LogP contribution in [0, 0.1) is 5.92 Å². The second-order valence-electron chi connectivity index (χ2n) is 6.69. The molecule has 1 atom stereocenters. The Balaban J connectivity index is 1.93. The number of ether oxygens (including phenoxy) is 2. The fraction of sp³-hybridized carbons (Fsp3) is 0.318. The summed E-state index contributed by atoms with van der Waals surface area (Å²) in [5.74, 6) is -0.736. The van der Waals surface area contributed by atoms with Crippen LogP contribution in [0.4, 0.5) is 0 Å². The van der Waals surface area contributed by atoms with Crippen LogP contribution in [0.5, 0.6) is 5.75 Å². The highest BCUT2D eigenvalue weighted by Gasteiger charge is 2.17. The van der Waals surface area contributed by atoms with E-state index in [9.17, 15) is 14.4 Å². The van der Waals surface area contributed by atoms with Crippen LogP contribution in [0.15, 0.2) is 54.6 Å². The lowest BCUT2D eigenvalue weighted by Crippen LogP contribution is -2.31. The van der Waals surface area contributed by atoms with Gasteiger partial charge in [0.05, 0.1) is 6.42 Å². The molecule has 0 aromatic heterocycles. The molecule has 0 heterocycles. The van der Waals surface area contributed by atoms with Crippen molar-refractivity contribution in [2.45, 2.75) is 26.3 Å². The molecule has 0 bridgehead atoms. The van der Waals surface area contributed by atoms with Crippen molar-refractivity contribution < 1.29 is 23.9 Å². The minimum Gasteiger partial charge on any atom is -0.644 e. The highest BCUT2D eigenvalue weighted by molar-refractivity contribution is 14.1. The third-order valence-corrected chi connectivity index (χ3v) is 4.42. The van der Waals surface area contributed by atoms with Gasteiger partial charge in [-0.05, 0) is 46.3 Å². The summed E-state index contributed by atoms with van der Waals surface area (Å²) in [6.07, 6.45) is 0.156. The van der Waals surface area contributed by atoms with Crippen molar-refractivity contribution in [1.29, 1.82) is 0 Å². The minimum atomic E-state index is -0.749. The molecule has 154 valence electrons. The summed E-state index contributed by atoms with van der Waals surface area (Å²) in [4.78, 5) is 36.3. The summed E-state index contributed by atoms with van der Waals surface area (Å²) in [6.45, 7) is 3.62. The predicted octanol–water partition coefficient (Wildman–Crippen LogP) is 4.35. The van der Waals surface area contributed by atoms with E-state index in [1.54, 1.807) is 48.5 Å². The smallest absolute Gasteiger partial charge is 0.311 e. The monoisotopic (exact) mass is 508 g/mol. The van der Waals surface area contributed by atoms with Gasteiger partial charge in [0.2, 0.25) is 0 Å². The van der Waals surface area contributed by atoms with E-state index >= 15 is 0 Å². The van der Waals surface area contributed by atoms with Crippen LogP contribution in [-0.2, 0) is 20.7 Å². The molecule has 29 heavy (non-hydrogen) atoms. The number of nitrogens with zero attached hydrogens (tertiary/aromatic N) is 1. The zero-order valence-corrected chi connectivity index (χ0v) is 18.5. The van der Waals surface area contributed by atoms with Gasteiger partial charge in [0.1, 0.15) is 16.1 Å². The maximum atomic E-state index is 12.5. The third kappa shape index (κ3) is 7.58. The van der Waals surface area contributed by atoms with Gasteiger partial charge in [-0.1, -0.05) is 68.8 Å². The highest BCUT2D eigenvalue weighted by Crippen LogP contribution is 2.19. The van der Waals surface area contributed by atoms with Gasteiger partial charge >= 0.3 is 5.97 Å². The zero-order chi connectivity index (χ0) is 21.2. The fourth-order valence-electron chi connectivity index (χ4n) is 2.58. The van der Waals surface area contributed by atoms with E-state index in [0.717, 1.165) is 5.56 Å². The quantitative estimate of drug-likeness (QED) is 0.157. The maximum Gasteiger partial charge on any atom is 0.311 e. The maximum absolute atomic E-state index is 12.5. The molecule has 0 N–H and O–H groups in total. The molecular weight excluding hydrogens is 485 g/mol. The molecule has 0 radical (unpaired) electrons. The molecule has 7 heteroatoms. The van der Waals surface area contributed by atoms with Crippen molar-refractivity contribution in [3.8, 4) is 5.75 Å². The molecule has 2 aromatic carbocycles. The van der Waals surface area contributed by atoms with Crippen LogP contribution < -0.4 is 4.74 Å². The largest absolute Gasteiger partial charge is 0.644 e. The van der Waals surface area contributed by atoms with Crippen LogP contribution in [-0.4, -0.2) is 34.9 Å². The van der Waals surface area contributed by atoms with Crippen LogP contribution in [0.3, 0.4) is 0 Å². The number of esters is 2. The van der Waals surface area contributed by atoms with Gasteiger partial charge < -0.3 is 14.8 Å². The van der Waals surface area contributed by atoms with Crippen molar-refractivity contribution in [3.05, 3.63) is 71.0 Å². The Morgan fingerprint density at radius 1 is 1.00 bits per heavy atom. The number of hydrogen-bond acceptors (Lipinski definition) is 5. The lowest BCUT2D eigenvalue weighted by Gasteiger charge is -2.32. The second-order valence-corrected chi connectivity index (χ2v) is 7.31. The number of rotatable bonds is 10. The zero-order valence-electron chi connectivity index (χ0n) is 16.3. The second kappa shape index (κ2) is 11.7. The first-order valence-electron chi connectivity index (χ1n) is 9.17. The molecule has 0 saturated heterocycles. The van der Waals surface area contributed by atoms with Gasteiger partial charge in [-0.25, -0.2) is 0 Å². The number of alkyl halides is 1. The predicted molar refractivity (Wildman–Crippen MR) is 118 cm³/mol. The first-order chi connectivity index (χ1) is 13.9. The molecule has 0 aliphatic heterocycles. The normalized spacial score (nSPS) is 11.7. The Hall–Kier alpha value is -2.26. The van der Waals surface area contributed by atoms with Crippen molar-refractivity contribution in [2.24, 2.45) is 5.92 Å². The van der Waals surface area contributed by atoms with Crippen LogP contribution in [0.25, 0.3) is 5.32 Å². The van der Waals surface area contributed by atoms with E-state index in [1.165, 1.54) is 0 Å². The lowest BCUT2D eigenvalue weighted by atomic mass is 10.0. The topological polar surface area (TPSA) is 83.8 Å². The average molecular weight is 508 g/mol. The summed E-state index contributed by atoms with van der Waals surface area (Å²) in [6, 6.07) is 14.7. The third-order valence-electron chi connectivity index (χ3n) is 4.11. The SMILES string of the molecule is CC(C)C([N-]CC(=O)c1ccccc1)C(=O)Oc1ccc(CC(=O)OCI)cc1. The van der Waals surface area contributed by atoms with E-state index in [-0.39, 0.29) is 30.6 Å². The first-order valence-corrected chi connectivity index (χ1v) is 10.7. The Kier molecular flexibility index (Phi) is 9.27. The summed E-state index contributed by atoms with van der Waals surface area (Å²) >= 11 is 1.96. The fourth-order valence-corrected chi connectivity index (χ4v) is 2.93.